The van der Waals surface area contributed by atoms with Crippen LogP contribution in [0.3, 0.4) is 0 Å². The number of hydrogen-bond acceptors (Lipinski definition) is 4. The normalized spacial score (nSPS) is 23.8. The summed E-state index contributed by atoms with van der Waals surface area (Å²) in [5.74, 6) is -1.16. The molecule has 2 aromatic rings. The first-order chi connectivity index (χ1) is 14.0. The fourth-order valence-electron chi connectivity index (χ4n) is 4.40. The first-order valence-electron chi connectivity index (χ1n) is 9.60. The van der Waals surface area contributed by atoms with Gasteiger partial charge in [-0.05, 0) is 30.2 Å². The lowest BCUT2D eigenvalue weighted by atomic mass is 9.68. The third-order valence-electron chi connectivity index (χ3n) is 5.73. The molecule has 0 bridgehead atoms. The Kier molecular flexibility index (Phi) is 5.29. The molecule has 4 nitrogen and oxygen atoms in total. The Morgan fingerprint density at radius 2 is 1.72 bits per heavy atom. The van der Waals surface area contributed by atoms with E-state index in [-0.39, 0.29) is 11.7 Å². The number of ketones is 1. The van der Waals surface area contributed by atoms with Gasteiger partial charge in [-0.1, -0.05) is 60.1 Å². The molecule has 0 aromatic heterocycles. The summed E-state index contributed by atoms with van der Waals surface area (Å²) in [6, 6.07) is 17.3. The van der Waals surface area contributed by atoms with Gasteiger partial charge in [-0.3, -0.25) is 4.79 Å². The van der Waals surface area contributed by atoms with Gasteiger partial charge in [-0.15, -0.1) is 0 Å². The average molecular weight is 408 g/mol. The average Bonchev–Trinajstić information content (AvgIpc) is 2.73. The first-order valence-corrected chi connectivity index (χ1v) is 9.98. The number of rotatable bonds is 3. The molecule has 2 aromatic carbocycles. The number of carbonyl (C=O) groups excluding carboxylic acids is 2. The molecule has 4 rings (SSSR count). The molecule has 2 aliphatic rings. The summed E-state index contributed by atoms with van der Waals surface area (Å²) in [4.78, 5) is 26.0. The predicted octanol–water partition coefficient (Wildman–Crippen LogP) is 4.73. The van der Waals surface area contributed by atoms with Gasteiger partial charge < -0.3 is 10.1 Å². The van der Waals surface area contributed by atoms with Gasteiger partial charge in [0.25, 0.3) is 0 Å². The second-order valence-electron chi connectivity index (χ2n) is 7.47. The highest BCUT2D eigenvalue weighted by atomic mass is 35.5. The SMILES string of the molecule is COC(=O)C1=C(C)NC2=CC(c3ccccc3)CC(=O)C2C1c1ccc(Cl)cc1. The minimum atomic E-state index is -0.450. The first kappa shape index (κ1) is 19.5. The van der Waals surface area contributed by atoms with E-state index in [1.807, 2.05) is 49.4 Å². The van der Waals surface area contributed by atoms with Crippen LogP contribution < -0.4 is 5.32 Å². The van der Waals surface area contributed by atoms with Crippen molar-refractivity contribution in [1.29, 1.82) is 0 Å². The summed E-state index contributed by atoms with van der Waals surface area (Å²) in [6.07, 6.45) is 2.53. The van der Waals surface area contributed by atoms with Gasteiger partial charge in [0.15, 0.2) is 0 Å². The summed E-state index contributed by atoms with van der Waals surface area (Å²) < 4.78 is 5.05. The smallest absolute Gasteiger partial charge is 0.336 e. The van der Waals surface area contributed by atoms with E-state index in [0.29, 0.717) is 22.7 Å². The van der Waals surface area contributed by atoms with E-state index in [4.69, 9.17) is 16.3 Å². The number of methoxy groups -OCH3 is 1. The summed E-state index contributed by atoms with van der Waals surface area (Å²) in [7, 11) is 1.36. The van der Waals surface area contributed by atoms with E-state index in [9.17, 15) is 9.59 Å². The number of esters is 1. The maximum Gasteiger partial charge on any atom is 0.336 e. The maximum atomic E-state index is 13.3. The van der Waals surface area contributed by atoms with Gasteiger partial charge in [-0.25, -0.2) is 4.79 Å². The highest BCUT2D eigenvalue weighted by Gasteiger charge is 2.44. The van der Waals surface area contributed by atoms with Crippen molar-refractivity contribution in [3.05, 3.63) is 93.8 Å². The summed E-state index contributed by atoms with van der Waals surface area (Å²) in [5, 5.41) is 3.93. The number of carbonyl (C=O) groups is 2. The lowest BCUT2D eigenvalue weighted by Crippen LogP contribution is -2.41. The van der Waals surface area contributed by atoms with E-state index in [1.54, 1.807) is 12.1 Å². The van der Waals surface area contributed by atoms with Crippen molar-refractivity contribution in [2.24, 2.45) is 5.92 Å². The largest absolute Gasteiger partial charge is 0.466 e. The van der Waals surface area contributed by atoms with Crippen LogP contribution in [0.2, 0.25) is 5.02 Å². The van der Waals surface area contributed by atoms with Gasteiger partial charge in [0.05, 0.1) is 18.6 Å². The summed E-state index contributed by atoms with van der Waals surface area (Å²) >= 11 is 6.06. The molecule has 5 heteroatoms. The monoisotopic (exact) mass is 407 g/mol. The molecule has 0 radical (unpaired) electrons. The summed E-state index contributed by atoms with van der Waals surface area (Å²) in [5.41, 5.74) is 4.03. The molecular formula is C24H22ClNO3. The van der Waals surface area contributed by atoms with E-state index < -0.39 is 17.8 Å². The fraction of sp³-hybridized carbons (Fsp3) is 0.250. The van der Waals surface area contributed by atoms with Crippen molar-refractivity contribution < 1.29 is 14.3 Å². The van der Waals surface area contributed by atoms with E-state index in [2.05, 4.69) is 11.4 Å². The van der Waals surface area contributed by atoms with E-state index in [0.717, 1.165) is 16.8 Å². The maximum absolute atomic E-state index is 13.3. The van der Waals surface area contributed by atoms with Crippen molar-refractivity contribution >= 4 is 23.4 Å². The zero-order valence-corrected chi connectivity index (χ0v) is 17.1. The Bertz CT molecular complexity index is 1010. The third-order valence-corrected chi connectivity index (χ3v) is 5.98. The third kappa shape index (κ3) is 3.60. The molecule has 1 heterocycles. The van der Waals surface area contributed by atoms with Crippen LogP contribution in [0.25, 0.3) is 0 Å². The van der Waals surface area contributed by atoms with Gasteiger partial charge in [-0.2, -0.15) is 0 Å². The van der Waals surface area contributed by atoms with Crippen LogP contribution in [0, 0.1) is 5.92 Å². The fourth-order valence-corrected chi connectivity index (χ4v) is 4.52. The Hall–Kier alpha value is -2.85. The standard InChI is InChI=1S/C24H22ClNO3/c1-14-21(24(28)29-2)22(16-8-10-18(25)11-9-16)23-19(26-14)12-17(13-20(23)27)15-6-4-3-5-7-15/h3-12,17,22-23,26H,13H2,1-2H3. The second-order valence-corrected chi connectivity index (χ2v) is 7.91. The Morgan fingerprint density at radius 3 is 2.38 bits per heavy atom. The van der Waals surface area contributed by atoms with Crippen LogP contribution in [0.4, 0.5) is 0 Å². The zero-order valence-electron chi connectivity index (χ0n) is 16.3. The van der Waals surface area contributed by atoms with Crippen molar-refractivity contribution in [2.45, 2.75) is 25.2 Å². The number of Topliss-reactive ketones (excluding diaryl/α,β-unsaturated/α-hetero) is 1. The topological polar surface area (TPSA) is 55.4 Å². The van der Waals surface area contributed by atoms with Crippen LogP contribution >= 0.6 is 11.6 Å². The van der Waals surface area contributed by atoms with Crippen LogP contribution in [0.1, 0.15) is 36.3 Å². The molecule has 1 aliphatic carbocycles. The molecule has 1 N–H and O–H groups in total. The number of hydrogen-bond donors (Lipinski definition) is 1. The summed E-state index contributed by atoms with van der Waals surface area (Å²) in [6.45, 7) is 1.85. The molecule has 0 spiro atoms. The van der Waals surface area contributed by atoms with Crippen molar-refractivity contribution in [3.8, 4) is 0 Å². The lowest BCUT2D eigenvalue weighted by Gasteiger charge is -2.39. The molecule has 3 atom stereocenters. The quantitative estimate of drug-likeness (QED) is 0.747. The number of ether oxygens (including phenoxy) is 1. The number of allylic oxidation sites excluding steroid dienone is 3. The highest BCUT2D eigenvalue weighted by Crippen LogP contribution is 2.46. The van der Waals surface area contributed by atoms with Gasteiger partial charge >= 0.3 is 5.97 Å². The lowest BCUT2D eigenvalue weighted by molar-refractivity contribution is -0.136. The zero-order chi connectivity index (χ0) is 20.5. The van der Waals surface area contributed by atoms with Crippen LogP contribution in [-0.4, -0.2) is 18.9 Å². The molecule has 0 saturated carbocycles. The van der Waals surface area contributed by atoms with Crippen molar-refractivity contribution in [1.82, 2.24) is 5.32 Å². The van der Waals surface area contributed by atoms with Crippen molar-refractivity contribution in [3.63, 3.8) is 0 Å². The molecule has 3 unspecified atom stereocenters. The molecule has 148 valence electrons. The van der Waals surface area contributed by atoms with Crippen LogP contribution in [0.15, 0.2) is 77.6 Å². The Balaban J connectivity index is 1.84. The Morgan fingerprint density at radius 1 is 1.03 bits per heavy atom. The number of benzene rings is 2. The van der Waals surface area contributed by atoms with Crippen LogP contribution in [0.5, 0.6) is 0 Å². The molecule has 29 heavy (non-hydrogen) atoms. The molecule has 0 amide bonds. The van der Waals surface area contributed by atoms with Crippen LogP contribution in [-0.2, 0) is 14.3 Å². The molecular weight excluding hydrogens is 386 g/mol. The minimum absolute atomic E-state index is 0.0146. The van der Waals surface area contributed by atoms with Gasteiger partial charge in [0.2, 0.25) is 0 Å². The Labute approximate surface area is 175 Å². The molecule has 0 fully saturated rings. The predicted molar refractivity (Wildman–Crippen MR) is 112 cm³/mol. The van der Waals surface area contributed by atoms with Crippen molar-refractivity contribution in [2.75, 3.05) is 7.11 Å². The highest BCUT2D eigenvalue weighted by molar-refractivity contribution is 6.30. The molecule has 0 saturated heterocycles. The number of halogens is 1. The number of fused-ring (bicyclic) bond motifs is 1. The van der Waals surface area contributed by atoms with E-state index >= 15 is 0 Å². The molecule has 1 aliphatic heterocycles. The minimum Gasteiger partial charge on any atom is -0.466 e. The van der Waals surface area contributed by atoms with Gasteiger partial charge in [0.1, 0.15) is 5.78 Å². The number of nitrogens with one attached hydrogen (secondary N) is 1. The van der Waals surface area contributed by atoms with E-state index in [1.165, 1.54) is 7.11 Å². The van der Waals surface area contributed by atoms with Gasteiger partial charge in [0, 0.05) is 34.7 Å². The second kappa shape index (κ2) is 7.88.